The Bertz CT molecular complexity index is 769. The molecule has 8 heteroatoms. The molecule has 2 heterocycles. The van der Waals surface area contributed by atoms with Crippen molar-refractivity contribution in [3.63, 3.8) is 0 Å². The van der Waals surface area contributed by atoms with Crippen molar-refractivity contribution < 1.29 is 4.74 Å². The Kier molecular flexibility index (Phi) is 11.6. The molecule has 0 radical (unpaired) electrons. The number of nitrogens with one attached hydrogen (secondary N) is 3. The average Bonchev–Trinajstić information content (AvgIpc) is 3.29. The van der Waals surface area contributed by atoms with Gasteiger partial charge in [0.1, 0.15) is 0 Å². The highest BCUT2D eigenvalue weighted by atomic mass is 127. The zero-order valence-corrected chi connectivity index (χ0v) is 21.9. The van der Waals surface area contributed by atoms with Crippen LogP contribution in [0, 0.1) is 5.92 Å². The maximum atomic E-state index is 5.07. The van der Waals surface area contributed by atoms with Crippen LogP contribution in [-0.4, -0.2) is 58.3 Å². The van der Waals surface area contributed by atoms with Crippen LogP contribution in [0.15, 0.2) is 46.8 Å². The number of guanidine groups is 1. The van der Waals surface area contributed by atoms with Gasteiger partial charge < -0.3 is 20.7 Å². The van der Waals surface area contributed by atoms with Crippen LogP contribution in [0.4, 0.5) is 5.69 Å². The molecule has 1 fully saturated rings. The number of nitrogens with zero attached hydrogens (tertiary/aromatic N) is 2. The number of hydrogen-bond donors (Lipinski definition) is 3. The van der Waals surface area contributed by atoms with Gasteiger partial charge in [-0.05, 0) is 61.5 Å². The van der Waals surface area contributed by atoms with Gasteiger partial charge in [-0.3, -0.25) is 9.89 Å². The predicted octanol–water partition coefficient (Wildman–Crippen LogP) is 4.17. The number of thiophene rings is 1. The van der Waals surface area contributed by atoms with Crippen molar-refractivity contribution >= 4 is 47.0 Å². The van der Waals surface area contributed by atoms with Gasteiger partial charge in [-0.25, -0.2) is 0 Å². The molecule has 0 saturated carbocycles. The first-order chi connectivity index (χ1) is 14.7. The monoisotopic (exact) mass is 557 g/mol. The number of benzene rings is 1. The van der Waals surface area contributed by atoms with Crippen LogP contribution < -0.4 is 16.0 Å². The highest BCUT2D eigenvalue weighted by Crippen LogP contribution is 2.36. The zero-order valence-electron chi connectivity index (χ0n) is 18.8. The molecule has 1 aliphatic heterocycles. The van der Waals surface area contributed by atoms with E-state index in [0.29, 0.717) is 18.6 Å². The third-order valence-electron chi connectivity index (χ3n) is 5.65. The van der Waals surface area contributed by atoms with Gasteiger partial charge in [-0.2, -0.15) is 0 Å². The number of rotatable bonds is 9. The fraction of sp³-hybridized carbons (Fsp3) is 0.522. The summed E-state index contributed by atoms with van der Waals surface area (Å²) in [6.45, 7) is 4.36. The molecular weight excluding hydrogens is 521 g/mol. The second kappa shape index (κ2) is 13.9. The maximum Gasteiger partial charge on any atom is 0.191 e. The molecule has 0 aliphatic carbocycles. The lowest BCUT2D eigenvalue weighted by Gasteiger charge is -2.39. The molecule has 3 rings (SSSR count). The van der Waals surface area contributed by atoms with Crippen LogP contribution in [0.1, 0.15) is 29.3 Å². The van der Waals surface area contributed by atoms with Crippen LogP contribution in [0.3, 0.4) is 0 Å². The van der Waals surface area contributed by atoms with Gasteiger partial charge in [0.15, 0.2) is 5.96 Å². The first-order valence-electron chi connectivity index (χ1n) is 10.7. The average molecular weight is 558 g/mol. The van der Waals surface area contributed by atoms with E-state index < -0.39 is 0 Å². The number of halogens is 1. The Hall–Kier alpha value is -1.36. The van der Waals surface area contributed by atoms with Crippen LogP contribution >= 0.6 is 35.3 Å². The van der Waals surface area contributed by atoms with E-state index in [0.717, 1.165) is 31.3 Å². The van der Waals surface area contributed by atoms with E-state index in [1.165, 1.54) is 29.8 Å². The number of likely N-dealkylation sites (tertiary alicyclic amines) is 1. The summed E-state index contributed by atoms with van der Waals surface area (Å²) in [5.41, 5.74) is 2.34. The van der Waals surface area contributed by atoms with Crippen LogP contribution in [-0.2, 0) is 11.3 Å². The van der Waals surface area contributed by atoms with Crippen molar-refractivity contribution in [2.24, 2.45) is 10.9 Å². The second-order valence-corrected chi connectivity index (χ2v) is 8.75. The summed E-state index contributed by atoms with van der Waals surface area (Å²) in [6.07, 6.45) is 2.50. The number of hydrogen-bond acceptors (Lipinski definition) is 5. The third-order valence-corrected chi connectivity index (χ3v) is 6.59. The molecule has 0 bridgehead atoms. The Labute approximate surface area is 207 Å². The van der Waals surface area contributed by atoms with E-state index in [1.807, 2.05) is 18.4 Å². The maximum absolute atomic E-state index is 5.07. The van der Waals surface area contributed by atoms with Gasteiger partial charge in [-0.1, -0.05) is 18.2 Å². The van der Waals surface area contributed by atoms with Gasteiger partial charge in [0.2, 0.25) is 0 Å². The lowest BCUT2D eigenvalue weighted by molar-refractivity contribution is 0.125. The van der Waals surface area contributed by atoms with Gasteiger partial charge in [0, 0.05) is 50.4 Å². The van der Waals surface area contributed by atoms with E-state index in [-0.39, 0.29) is 24.0 Å². The van der Waals surface area contributed by atoms with E-state index in [4.69, 9.17) is 4.74 Å². The lowest BCUT2D eigenvalue weighted by atomic mass is 9.88. The predicted molar refractivity (Wildman–Crippen MR) is 143 cm³/mol. The Morgan fingerprint density at radius 3 is 2.71 bits per heavy atom. The Morgan fingerprint density at radius 2 is 2.03 bits per heavy atom. The normalized spacial score (nSPS) is 19.5. The van der Waals surface area contributed by atoms with Crippen molar-refractivity contribution in [1.29, 1.82) is 0 Å². The van der Waals surface area contributed by atoms with Gasteiger partial charge in [0.25, 0.3) is 0 Å². The van der Waals surface area contributed by atoms with E-state index in [9.17, 15) is 0 Å². The number of piperidine rings is 1. The van der Waals surface area contributed by atoms with Gasteiger partial charge >= 0.3 is 0 Å². The van der Waals surface area contributed by atoms with Gasteiger partial charge in [0.05, 0.1) is 6.61 Å². The number of aliphatic imine (C=N–C) groups is 1. The molecule has 172 valence electrons. The first kappa shape index (κ1) is 25.9. The highest BCUT2D eigenvalue weighted by Gasteiger charge is 2.31. The second-order valence-electron chi connectivity index (χ2n) is 7.77. The fourth-order valence-corrected chi connectivity index (χ4v) is 5.04. The van der Waals surface area contributed by atoms with Gasteiger partial charge in [-0.15, -0.1) is 35.3 Å². The Morgan fingerprint density at radius 1 is 1.23 bits per heavy atom. The molecule has 0 spiro atoms. The molecule has 1 saturated heterocycles. The van der Waals surface area contributed by atoms with Crippen molar-refractivity contribution in [3.8, 4) is 0 Å². The van der Waals surface area contributed by atoms with E-state index >= 15 is 0 Å². The van der Waals surface area contributed by atoms with E-state index in [2.05, 4.69) is 74.7 Å². The fourth-order valence-electron chi connectivity index (χ4n) is 4.05. The van der Waals surface area contributed by atoms with Crippen LogP contribution in [0.2, 0.25) is 0 Å². The quantitative estimate of drug-likeness (QED) is 0.187. The summed E-state index contributed by atoms with van der Waals surface area (Å²) in [7, 11) is 5.80. The molecule has 6 nitrogen and oxygen atoms in total. The summed E-state index contributed by atoms with van der Waals surface area (Å²) in [4.78, 5) is 8.38. The SMILES string of the molecule is CN=C(NCc1ccc(NCCOC)cc1)NCC1CCCN(C)C1c1cccs1.I. The van der Waals surface area contributed by atoms with Crippen LogP contribution in [0.5, 0.6) is 0 Å². The topological polar surface area (TPSA) is 60.9 Å². The van der Waals surface area contributed by atoms with E-state index in [1.54, 1.807) is 7.11 Å². The highest BCUT2D eigenvalue weighted by molar-refractivity contribution is 14.0. The minimum absolute atomic E-state index is 0. The summed E-state index contributed by atoms with van der Waals surface area (Å²) in [5.74, 6) is 1.44. The molecule has 1 aromatic carbocycles. The number of ether oxygens (including phenoxy) is 1. The summed E-state index contributed by atoms with van der Waals surface area (Å²) in [5, 5.41) is 12.5. The molecule has 1 aromatic heterocycles. The minimum Gasteiger partial charge on any atom is -0.383 e. The molecule has 0 amide bonds. The molecule has 2 aromatic rings. The number of anilines is 1. The van der Waals surface area contributed by atoms with Crippen LogP contribution in [0.25, 0.3) is 0 Å². The Balaban J connectivity index is 0.00000341. The first-order valence-corrected chi connectivity index (χ1v) is 11.6. The molecule has 31 heavy (non-hydrogen) atoms. The largest absolute Gasteiger partial charge is 0.383 e. The molecule has 2 unspecified atom stereocenters. The summed E-state index contributed by atoms with van der Waals surface area (Å²) < 4.78 is 5.07. The molecule has 3 N–H and O–H groups in total. The zero-order chi connectivity index (χ0) is 21.2. The van der Waals surface area contributed by atoms with Crippen molar-refractivity contribution in [3.05, 3.63) is 52.2 Å². The molecular formula is C23H36IN5OS. The summed E-state index contributed by atoms with van der Waals surface area (Å²) >= 11 is 1.86. The standard InChI is InChI=1S/C23H35N5OS.HI/c1-24-23(26-16-18-8-10-20(11-9-18)25-12-14-29-3)27-17-19-6-4-13-28(2)22(19)21-7-5-15-30-21;/h5,7-11,15,19,22,25H,4,6,12-14,16-17H2,1-3H3,(H2,24,26,27);1H. The summed E-state index contributed by atoms with van der Waals surface area (Å²) in [6, 6.07) is 13.4. The third kappa shape index (κ3) is 7.93. The molecule has 2 atom stereocenters. The van der Waals surface area contributed by atoms with Crippen molar-refractivity contribution in [2.45, 2.75) is 25.4 Å². The molecule has 1 aliphatic rings. The number of methoxy groups -OCH3 is 1. The van der Waals surface area contributed by atoms with Crippen molar-refractivity contribution in [2.75, 3.05) is 52.8 Å². The lowest BCUT2D eigenvalue weighted by Crippen LogP contribution is -2.44. The van der Waals surface area contributed by atoms with Crippen molar-refractivity contribution in [1.82, 2.24) is 15.5 Å². The smallest absolute Gasteiger partial charge is 0.191 e. The minimum atomic E-state index is 0.